The van der Waals surface area contributed by atoms with Crippen LogP contribution < -0.4 is 4.74 Å². The molecule has 2 aliphatic heterocycles. The van der Waals surface area contributed by atoms with E-state index in [0.717, 1.165) is 23.5 Å². The maximum absolute atomic E-state index is 5.34. The van der Waals surface area contributed by atoms with Crippen LogP contribution in [-0.4, -0.2) is 56.0 Å². The molecule has 2 fully saturated rings. The van der Waals surface area contributed by atoms with E-state index in [9.17, 15) is 0 Å². The lowest BCUT2D eigenvalue weighted by molar-refractivity contribution is -0.507. The Balaban J connectivity index is 1.70. The van der Waals surface area contributed by atoms with Crippen LogP contribution in [0.2, 0.25) is 0 Å². The number of fused-ring (bicyclic) bond motifs is 3. The van der Waals surface area contributed by atoms with Gasteiger partial charge in [-0.2, -0.15) is 0 Å². The summed E-state index contributed by atoms with van der Waals surface area (Å²) < 4.78 is 7.91. The van der Waals surface area contributed by atoms with Gasteiger partial charge in [0, 0.05) is 31.8 Å². The summed E-state index contributed by atoms with van der Waals surface area (Å²) in [5, 5.41) is 0. The van der Waals surface area contributed by atoms with Gasteiger partial charge in [-0.05, 0) is 48.9 Å². The van der Waals surface area contributed by atoms with Gasteiger partial charge in [-0.1, -0.05) is 12.1 Å². The first-order valence-corrected chi connectivity index (χ1v) is 9.06. The van der Waals surface area contributed by atoms with Crippen molar-refractivity contribution in [3.8, 4) is 5.75 Å². The minimum absolute atomic E-state index is 0.669. The summed E-state index contributed by atoms with van der Waals surface area (Å²) >= 11 is 0. The SMILES string of the molecule is COc1ccc(C2CC3=[N+](C)CCCC3C3CN(C)CC23)cc1. The highest BCUT2D eigenvalue weighted by Crippen LogP contribution is 2.48. The minimum atomic E-state index is 0.669. The third kappa shape index (κ3) is 2.59. The Morgan fingerprint density at radius 3 is 2.48 bits per heavy atom. The van der Waals surface area contributed by atoms with Crippen LogP contribution in [-0.2, 0) is 0 Å². The van der Waals surface area contributed by atoms with E-state index in [1.807, 2.05) is 0 Å². The monoisotopic (exact) mass is 313 g/mol. The molecule has 0 radical (unpaired) electrons. The average molecular weight is 313 g/mol. The van der Waals surface area contributed by atoms with E-state index >= 15 is 0 Å². The second-order valence-electron chi connectivity index (χ2n) is 7.79. The number of hydrogen-bond donors (Lipinski definition) is 0. The Hall–Kier alpha value is -1.35. The van der Waals surface area contributed by atoms with Crippen LogP contribution in [0.3, 0.4) is 0 Å². The van der Waals surface area contributed by atoms with Crippen LogP contribution >= 0.6 is 0 Å². The number of likely N-dealkylation sites (tertiary alicyclic amines) is 1. The summed E-state index contributed by atoms with van der Waals surface area (Å²) in [6.45, 7) is 3.78. The Labute approximate surface area is 140 Å². The highest BCUT2D eigenvalue weighted by Gasteiger charge is 2.50. The summed E-state index contributed by atoms with van der Waals surface area (Å²) in [6, 6.07) is 8.85. The first kappa shape index (κ1) is 15.2. The fourth-order valence-corrected chi connectivity index (χ4v) is 5.42. The molecule has 1 aliphatic carbocycles. The molecule has 0 aromatic heterocycles. The molecule has 1 aromatic rings. The number of nitrogens with zero attached hydrogens (tertiary/aromatic N) is 2. The quantitative estimate of drug-likeness (QED) is 0.780. The first-order chi connectivity index (χ1) is 11.2. The van der Waals surface area contributed by atoms with E-state index in [-0.39, 0.29) is 0 Å². The van der Waals surface area contributed by atoms with Crippen molar-refractivity contribution in [3.63, 3.8) is 0 Å². The fraction of sp³-hybridized carbons (Fsp3) is 0.650. The van der Waals surface area contributed by atoms with Gasteiger partial charge < -0.3 is 9.64 Å². The first-order valence-electron chi connectivity index (χ1n) is 9.06. The predicted octanol–water partition coefficient (Wildman–Crippen LogP) is 2.85. The molecule has 3 nitrogen and oxygen atoms in total. The van der Waals surface area contributed by atoms with Crippen LogP contribution in [0.4, 0.5) is 0 Å². The van der Waals surface area contributed by atoms with Crippen LogP contribution in [0.25, 0.3) is 0 Å². The third-order valence-electron chi connectivity index (χ3n) is 6.53. The third-order valence-corrected chi connectivity index (χ3v) is 6.53. The minimum Gasteiger partial charge on any atom is -0.497 e. The summed E-state index contributed by atoms with van der Waals surface area (Å²) in [5.74, 6) is 4.12. The van der Waals surface area contributed by atoms with E-state index in [2.05, 4.69) is 47.8 Å². The van der Waals surface area contributed by atoms with Gasteiger partial charge in [0.1, 0.15) is 19.3 Å². The van der Waals surface area contributed by atoms with Crippen molar-refractivity contribution < 1.29 is 9.31 Å². The van der Waals surface area contributed by atoms with Crippen LogP contribution in [0, 0.1) is 17.8 Å². The second kappa shape index (κ2) is 5.94. The standard InChI is InChI=1S/C20H29N2O/c1-21-12-18-16-5-4-10-22(2)20(16)11-17(19(18)13-21)14-6-8-15(23-3)9-7-14/h6-9,16-19H,4-5,10-13H2,1-3H3/q+1. The van der Waals surface area contributed by atoms with Gasteiger partial charge in [0.25, 0.3) is 0 Å². The zero-order valence-corrected chi connectivity index (χ0v) is 14.7. The van der Waals surface area contributed by atoms with E-state index in [4.69, 9.17) is 4.74 Å². The number of hydrogen-bond acceptors (Lipinski definition) is 2. The zero-order valence-electron chi connectivity index (χ0n) is 14.7. The molecule has 23 heavy (non-hydrogen) atoms. The highest BCUT2D eigenvalue weighted by atomic mass is 16.5. The Kier molecular flexibility index (Phi) is 3.92. The van der Waals surface area contributed by atoms with Crippen molar-refractivity contribution in [1.82, 2.24) is 4.90 Å². The van der Waals surface area contributed by atoms with Crippen molar-refractivity contribution in [2.24, 2.45) is 17.8 Å². The van der Waals surface area contributed by atoms with Crippen LogP contribution in [0.15, 0.2) is 24.3 Å². The van der Waals surface area contributed by atoms with E-state index < -0.39 is 0 Å². The highest BCUT2D eigenvalue weighted by molar-refractivity contribution is 5.85. The Bertz CT molecular complexity index is 607. The van der Waals surface area contributed by atoms with Gasteiger partial charge in [0.15, 0.2) is 5.71 Å². The van der Waals surface area contributed by atoms with Crippen LogP contribution in [0.5, 0.6) is 5.75 Å². The maximum atomic E-state index is 5.34. The van der Waals surface area contributed by atoms with Gasteiger partial charge >= 0.3 is 0 Å². The predicted molar refractivity (Wildman–Crippen MR) is 93.6 cm³/mol. The van der Waals surface area contributed by atoms with Crippen molar-refractivity contribution >= 4 is 5.71 Å². The van der Waals surface area contributed by atoms with Gasteiger partial charge in [-0.25, -0.2) is 4.58 Å². The summed E-state index contributed by atoms with van der Waals surface area (Å²) in [7, 11) is 6.36. The number of benzene rings is 1. The second-order valence-corrected chi connectivity index (χ2v) is 7.79. The molecule has 4 atom stereocenters. The lowest BCUT2D eigenvalue weighted by Gasteiger charge is -2.40. The Morgan fingerprint density at radius 2 is 1.78 bits per heavy atom. The molecular formula is C20H29N2O+. The molecule has 124 valence electrons. The van der Waals surface area contributed by atoms with Crippen molar-refractivity contribution in [1.29, 1.82) is 0 Å². The molecule has 4 unspecified atom stereocenters. The van der Waals surface area contributed by atoms with E-state index in [1.54, 1.807) is 12.8 Å². The van der Waals surface area contributed by atoms with Gasteiger partial charge in [-0.3, -0.25) is 0 Å². The molecule has 0 bridgehead atoms. The molecule has 1 saturated heterocycles. The van der Waals surface area contributed by atoms with Gasteiger partial charge in [0.05, 0.1) is 7.11 Å². The topological polar surface area (TPSA) is 15.5 Å². The molecule has 3 heteroatoms. The summed E-state index contributed by atoms with van der Waals surface area (Å²) in [6.07, 6.45) is 4.03. The molecule has 0 N–H and O–H groups in total. The molecule has 1 saturated carbocycles. The summed E-state index contributed by atoms with van der Waals surface area (Å²) in [4.78, 5) is 2.56. The molecular weight excluding hydrogens is 284 g/mol. The molecule has 1 aromatic carbocycles. The number of rotatable bonds is 2. The zero-order chi connectivity index (χ0) is 16.0. The van der Waals surface area contributed by atoms with Gasteiger partial charge in [0.2, 0.25) is 0 Å². The van der Waals surface area contributed by atoms with E-state index in [1.165, 1.54) is 44.5 Å². The lowest BCUT2D eigenvalue weighted by atomic mass is 9.63. The van der Waals surface area contributed by atoms with Crippen molar-refractivity contribution in [3.05, 3.63) is 29.8 Å². The molecule has 0 spiro atoms. The van der Waals surface area contributed by atoms with Crippen molar-refractivity contribution in [2.45, 2.75) is 25.2 Å². The molecule has 2 heterocycles. The Morgan fingerprint density at radius 1 is 1.09 bits per heavy atom. The summed E-state index contributed by atoms with van der Waals surface area (Å²) in [5.41, 5.74) is 3.23. The smallest absolute Gasteiger partial charge is 0.156 e. The number of ether oxygens (including phenoxy) is 1. The van der Waals surface area contributed by atoms with E-state index in [0.29, 0.717) is 5.92 Å². The largest absolute Gasteiger partial charge is 0.497 e. The molecule has 3 aliphatic rings. The number of methoxy groups -OCH3 is 1. The van der Waals surface area contributed by atoms with Gasteiger partial charge in [-0.15, -0.1) is 0 Å². The van der Waals surface area contributed by atoms with Crippen molar-refractivity contribution in [2.75, 3.05) is 40.8 Å². The fourth-order valence-electron chi connectivity index (χ4n) is 5.42. The molecule has 0 amide bonds. The lowest BCUT2D eigenvalue weighted by Crippen LogP contribution is -2.45. The average Bonchev–Trinajstić information content (AvgIpc) is 2.96. The maximum Gasteiger partial charge on any atom is 0.156 e. The van der Waals surface area contributed by atoms with Crippen LogP contribution in [0.1, 0.15) is 30.7 Å². The normalized spacial score (nSPS) is 34.2. The molecule has 4 rings (SSSR count).